The van der Waals surface area contributed by atoms with E-state index >= 15 is 0 Å². The van der Waals surface area contributed by atoms with Crippen molar-refractivity contribution >= 4 is 5.97 Å². The second-order valence-electron chi connectivity index (χ2n) is 4.26. The molecule has 0 fully saturated rings. The summed E-state index contributed by atoms with van der Waals surface area (Å²) in [4.78, 5) is 11.2. The number of carbonyl (C=O) groups excluding carboxylic acids is 1. The lowest BCUT2D eigenvalue weighted by atomic mass is 10.2. The molecule has 1 unspecified atom stereocenters. The van der Waals surface area contributed by atoms with Crippen molar-refractivity contribution in [3.8, 4) is 0 Å². The third kappa shape index (κ3) is 5.29. The molecule has 0 aliphatic heterocycles. The molecular formula is C14H21NO3. The van der Waals surface area contributed by atoms with E-state index in [0.29, 0.717) is 13.2 Å². The fourth-order valence-electron chi connectivity index (χ4n) is 1.47. The highest BCUT2D eigenvalue weighted by Crippen LogP contribution is 2.03. The molecule has 0 heterocycles. The van der Waals surface area contributed by atoms with Crippen molar-refractivity contribution in [3.63, 3.8) is 0 Å². The number of esters is 1. The lowest BCUT2D eigenvalue weighted by molar-refractivity contribution is -0.142. The molecule has 1 rings (SSSR count). The molecule has 0 saturated carbocycles. The molecule has 0 amide bonds. The summed E-state index contributed by atoms with van der Waals surface area (Å²) >= 11 is 0. The highest BCUT2D eigenvalue weighted by atomic mass is 16.5. The third-order valence-corrected chi connectivity index (χ3v) is 2.64. The number of methoxy groups -OCH3 is 1. The van der Waals surface area contributed by atoms with Crippen LogP contribution >= 0.6 is 0 Å². The second kappa shape index (κ2) is 7.84. The summed E-state index contributed by atoms with van der Waals surface area (Å²) in [5.74, 6) is -0.259. The predicted molar refractivity (Wildman–Crippen MR) is 70.2 cm³/mol. The minimum absolute atomic E-state index is 0.0392. The summed E-state index contributed by atoms with van der Waals surface area (Å²) in [6, 6.07) is 9.70. The fraction of sp³-hybridized carbons (Fsp3) is 0.500. The molecule has 0 spiro atoms. The van der Waals surface area contributed by atoms with Gasteiger partial charge in [0.1, 0.15) is 6.04 Å². The van der Waals surface area contributed by atoms with Crippen molar-refractivity contribution in [2.24, 2.45) is 0 Å². The third-order valence-electron chi connectivity index (χ3n) is 2.64. The van der Waals surface area contributed by atoms with Crippen LogP contribution in [-0.4, -0.2) is 31.8 Å². The topological polar surface area (TPSA) is 47.6 Å². The molecule has 2 atom stereocenters. The number of hydrogen-bond donors (Lipinski definition) is 1. The fourth-order valence-corrected chi connectivity index (χ4v) is 1.47. The van der Waals surface area contributed by atoms with Gasteiger partial charge in [-0.1, -0.05) is 30.3 Å². The minimum atomic E-state index is -0.308. The number of hydrogen-bond acceptors (Lipinski definition) is 4. The smallest absolute Gasteiger partial charge is 0.322 e. The molecule has 18 heavy (non-hydrogen) atoms. The molecule has 4 heteroatoms. The minimum Gasteiger partial charge on any atom is -0.468 e. The van der Waals surface area contributed by atoms with Gasteiger partial charge in [0, 0.05) is 6.54 Å². The van der Waals surface area contributed by atoms with Crippen molar-refractivity contribution in [3.05, 3.63) is 35.9 Å². The molecule has 1 aromatic rings. The highest BCUT2D eigenvalue weighted by molar-refractivity contribution is 5.75. The average Bonchev–Trinajstić information content (AvgIpc) is 2.42. The zero-order valence-electron chi connectivity index (χ0n) is 11.2. The summed E-state index contributed by atoms with van der Waals surface area (Å²) in [6.07, 6.45) is 0.0392. The first kappa shape index (κ1) is 14.7. The molecule has 0 bridgehead atoms. The Morgan fingerprint density at radius 1 is 1.28 bits per heavy atom. The van der Waals surface area contributed by atoms with E-state index in [9.17, 15) is 4.79 Å². The number of carbonyl (C=O) groups is 1. The molecule has 1 aromatic carbocycles. The van der Waals surface area contributed by atoms with Crippen LogP contribution in [0.2, 0.25) is 0 Å². The van der Waals surface area contributed by atoms with Crippen LogP contribution < -0.4 is 5.32 Å². The SMILES string of the molecule is COC(=O)[C@H](C)NCC(C)OCc1ccccc1. The number of benzene rings is 1. The van der Waals surface area contributed by atoms with E-state index in [0.717, 1.165) is 5.56 Å². The molecule has 0 aliphatic rings. The Morgan fingerprint density at radius 3 is 2.56 bits per heavy atom. The summed E-state index contributed by atoms with van der Waals surface area (Å²) < 4.78 is 10.3. The van der Waals surface area contributed by atoms with Gasteiger partial charge < -0.3 is 14.8 Å². The summed E-state index contributed by atoms with van der Waals surface area (Å²) in [7, 11) is 1.38. The molecule has 4 nitrogen and oxygen atoms in total. The van der Waals surface area contributed by atoms with Crippen LogP contribution in [0.1, 0.15) is 19.4 Å². The van der Waals surface area contributed by atoms with E-state index < -0.39 is 0 Å². The van der Waals surface area contributed by atoms with Gasteiger partial charge >= 0.3 is 5.97 Å². The predicted octanol–water partition coefficient (Wildman–Crippen LogP) is 1.74. The van der Waals surface area contributed by atoms with Crippen LogP contribution in [0.25, 0.3) is 0 Å². The molecule has 0 aliphatic carbocycles. The summed E-state index contributed by atoms with van der Waals surface area (Å²) in [5, 5.41) is 3.07. The molecule has 0 radical (unpaired) electrons. The van der Waals surface area contributed by atoms with Crippen molar-refractivity contribution in [1.82, 2.24) is 5.32 Å². The van der Waals surface area contributed by atoms with Crippen molar-refractivity contribution in [2.75, 3.05) is 13.7 Å². The van der Waals surface area contributed by atoms with Gasteiger partial charge in [0.05, 0.1) is 19.8 Å². The standard InChI is InChI=1S/C14H21NO3/c1-11(9-15-12(2)14(16)17-3)18-10-13-7-5-4-6-8-13/h4-8,11-12,15H,9-10H2,1-3H3/t11?,12-/m0/s1. The van der Waals surface area contributed by atoms with Crippen molar-refractivity contribution in [2.45, 2.75) is 32.6 Å². The van der Waals surface area contributed by atoms with E-state index in [4.69, 9.17) is 4.74 Å². The van der Waals surface area contributed by atoms with Gasteiger partial charge in [0.25, 0.3) is 0 Å². The normalized spacial score (nSPS) is 13.9. The molecule has 100 valence electrons. The Morgan fingerprint density at radius 2 is 1.94 bits per heavy atom. The maximum absolute atomic E-state index is 11.2. The lowest BCUT2D eigenvalue weighted by Crippen LogP contribution is -2.39. The Bertz CT molecular complexity index is 353. The summed E-state index contributed by atoms with van der Waals surface area (Å²) in [6.45, 7) is 4.94. The van der Waals surface area contributed by atoms with Crippen molar-refractivity contribution < 1.29 is 14.3 Å². The van der Waals surface area contributed by atoms with Gasteiger partial charge in [-0.25, -0.2) is 0 Å². The average molecular weight is 251 g/mol. The first-order chi connectivity index (χ1) is 8.63. The van der Waals surface area contributed by atoms with Crippen LogP contribution in [-0.2, 0) is 20.9 Å². The number of ether oxygens (including phenoxy) is 2. The van der Waals surface area contributed by atoms with Gasteiger partial charge in [0.15, 0.2) is 0 Å². The molecule has 0 saturated heterocycles. The van der Waals surface area contributed by atoms with Crippen LogP contribution in [0.5, 0.6) is 0 Å². The van der Waals surface area contributed by atoms with Gasteiger partial charge in [-0.05, 0) is 19.4 Å². The van der Waals surface area contributed by atoms with Gasteiger partial charge in [-0.15, -0.1) is 0 Å². The van der Waals surface area contributed by atoms with Gasteiger partial charge in [0.2, 0.25) is 0 Å². The monoisotopic (exact) mass is 251 g/mol. The first-order valence-electron chi connectivity index (χ1n) is 6.10. The molecule has 0 aromatic heterocycles. The van der Waals surface area contributed by atoms with E-state index in [-0.39, 0.29) is 18.1 Å². The van der Waals surface area contributed by atoms with E-state index in [1.54, 1.807) is 6.92 Å². The maximum atomic E-state index is 11.2. The maximum Gasteiger partial charge on any atom is 0.322 e. The van der Waals surface area contributed by atoms with Crippen LogP contribution in [0.3, 0.4) is 0 Å². The first-order valence-corrected chi connectivity index (χ1v) is 6.10. The quantitative estimate of drug-likeness (QED) is 0.750. The Hall–Kier alpha value is -1.39. The van der Waals surface area contributed by atoms with Crippen molar-refractivity contribution in [1.29, 1.82) is 0 Å². The Kier molecular flexibility index (Phi) is 6.39. The zero-order chi connectivity index (χ0) is 13.4. The van der Waals surface area contributed by atoms with Crippen LogP contribution in [0.4, 0.5) is 0 Å². The Balaban J connectivity index is 2.22. The molecule has 1 N–H and O–H groups in total. The molecular weight excluding hydrogens is 230 g/mol. The van der Waals surface area contributed by atoms with Gasteiger partial charge in [-0.3, -0.25) is 4.79 Å². The summed E-state index contributed by atoms with van der Waals surface area (Å²) in [5.41, 5.74) is 1.14. The Labute approximate surface area is 108 Å². The van der Waals surface area contributed by atoms with E-state index in [2.05, 4.69) is 10.1 Å². The number of nitrogens with one attached hydrogen (secondary N) is 1. The lowest BCUT2D eigenvalue weighted by Gasteiger charge is -2.17. The van der Waals surface area contributed by atoms with E-state index in [1.165, 1.54) is 7.11 Å². The largest absolute Gasteiger partial charge is 0.468 e. The van der Waals surface area contributed by atoms with E-state index in [1.807, 2.05) is 37.3 Å². The zero-order valence-corrected chi connectivity index (χ0v) is 11.2. The second-order valence-corrected chi connectivity index (χ2v) is 4.26. The number of rotatable bonds is 7. The van der Waals surface area contributed by atoms with Crippen LogP contribution in [0.15, 0.2) is 30.3 Å². The van der Waals surface area contributed by atoms with Gasteiger partial charge in [-0.2, -0.15) is 0 Å². The highest BCUT2D eigenvalue weighted by Gasteiger charge is 2.13. The van der Waals surface area contributed by atoms with Crippen LogP contribution in [0, 0.1) is 0 Å².